The van der Waals surface area contributed by atoms with E-state index >= 15 is 0 Å². The molecule has 1 aromatic heterocycles. The average Bonchev–Trinajstić information content (AvgIpc) is 2.47. The molecule has 3 nitrogen and oxygen atoms in total. The van der Waals surface area contributed by atoms with E-state index in [1.807, 2.05) is 7.05 Å². The van der Waals surface area contributed by atoms with Gasteiger partial charge < -0.3 is 5.32 Å². The van der Waals surface area contributed by atoms with Gasteiger partial charge in [0.15, 0.2) is 5.82 Å². The Labute approximate surface area is 71.2 Å². The third kappa shape index (κ3) is 2.15. The van der Waals surface area contributed by atoms with Crippen LogP contribution in [0.4, 0.5) is 5.82 Å². The molecule has 0 fully saturated rings. The van der Waals surface area contributed by atoms with E-state index in [1.165, 1.54) is 24.6 Å². The van der Waals surface area contributed by atoms with Crippen molar-refractivity contribution in [2.45, 2.75) is 26.2 Å². The SMILES string of the molecule is CCCCc1nsnc1NC. The number of hydrogen-bond acceptors (Lipinski definition) is 4. The van der Waals surface area contributed by atoms with Crippen molar-refractivity contribution in [3.8, 4) is 0 Å². The Kier molecular flexibility index (Phi) is 3.29. The van der Waals surface area contributed by atoms with Gasteiger partial charge in [-0.2, -0.15) is 8.75 Å². The highest BCUT2D eigenvalue weighted by Crippen LogP contribution is 2.13. The van der Waals surface area contributed by atoms with Crippen LogP contribution in [0, 0.1) is 0 Å². The van der Waals surface area contributed by atoms with Crippen molar-refractivity contribution in [2.24, 2.45) is 0 Å². The zero-order valence-electron chi connectivity index (χ0n) is 6.92. The summed E-state index contributed by atoms with van der Waals surface area (Å²) < 4.78 is 8.30. The van der Waals surface area contributed by atoms with Crippen LogP contribution in [0.3, 0.4) is 0 Å². The van der Waals surface area contributed by atoms with Crippen LogP contribution in [-0.2, 0) is 6.42 Å². The number of rotatable bonds is 4. The van der Waals surface area contributed by atoms with Gasteiger partial charge in [0.05, 0.1) is 17.4 Å². The van der Waals surface area contributed by atoms with Crippen LogP contribution < -0.4 is 5.32 Å². The van der Waals surface area contributed by atoms with E-state index in [0.29, 0.717) is 0 Å². The molecular weight excluding hydrogens is 158 g/mol. The highest BCUT2D eigenvalue weighted by molar-refractivity contribution is 6.99. The van der Waals surface area contributed by atoms with Crippen molar-refractivity contribution in [3.05, 3.63) is 5.69 Å². The number of unbranched alkanes of at least 4 members (excludes halogenated alkanes) is 1. The molecule has 0 bridgehead atoms. The summed E-state index contributed by atoms with van der Waals surface area (Å²) in [7, 11) is 1.88. The van der Waals surface area contributed by atoms with Crippen molar-refractivity contribution in [3.63, 3.8) is 0 Å². The summed E-state index contributed by atoms with van der Waals surface area (Å²) >= 11 is 1.28. The number of hydrogen-bond donors (Lipinski definition) is 1. The summed E-state index contributed by atoms with van der Waals surface area (Å²) in [6.45, 7) is 2.18. The van der Waals surface area contributed by atoms with E-state index in [9.17, 15) is 0 Å². The molecular formula is C7H13N3S. The van der Waals surface area contributed by atoms with Gasteiger partial charge in [-0.25, -0.2) is 0 Å². The first-order chi connectivity index (χ1) is 5.38. The molecule has 0 spiro atoms. The summed E-state index contributed by atoms with van der Waals surface area (Å²) in [6, 6.07) is 0. The Balaban J connectivity index is 2.54. The number of aryl methyl sites for hydroxylation is 1. The molecule has 0 saturated heterocycles. The summed E-state index contributed by atoms with van der Waals surface area (Å²) in [6.07, 6.45) is 3.45. The maximum Gasteiger partial charge on any atom is 0.162 e. The Morgan fingerprint density at radius 2 is 2.27 bits per heavy atom. The largest absolute Gasteiger partial charge is 0.371 e. The van der Waals surface area contributed by atoms with Gasteiger partial charge in [0.25, 0.3) is 0 Å². The van der Waals surface area contributed by atoms with Gasteiger partial charge in [0.2, 0.25) is 0 Å². The second kappa shape index (κ2) is 4.28. The quantitative estimate of drug-likeness (QED) is 0.752. The molecule has 4 heteroatoms. The average molecular weight is 171 g/mol. The highest BCUT2D eigenvalue weighted by Gasteiger charge is 2.03. The minimum absolute atomic E-state index is 0.948. The minimum atomic E-state index is 0.948. The van der Waals surface area contributed by atoms with Gasteiger partial charge in [0.1, 0.15) is 0 Å². The Hall–Kier alpha value is -0.640. The Bertz CT molecular complexity index is 209. The molecule has 1 aromatic rings. The van der Waals surface area contributed by atoms with E-state index in [1.54, 1.807) is 0 Å². The molecule has 0 aliphatic carbocycles. The van der Waals surface area contributed by atoms with Crippen molar-refractivity contribution < 1.29 is 0 Å². The van der Waals surface area contributed by atoms with Gasteiger partial charge in [-0.1, -0.05) is 13.3 Å². The van der Waals surface area contributed by atoms with E-state index in [2.05, 4.69) is 21.0 Å². The standard InChI is InChI=1S/C7H13N3S/c1-3-4-5-6-7(8-2)10-11-9-6/h3-5H2,1-2H3,(H,8,10). The molecule has 0 amide bonds. The zero-order chi connectivity index (χ0) is 8.10. The van der Waals surface area contributed by atoms with Crippen molar-refractivity contribution >= 4 is 17.5 Å². The van der Waals surface area contributed by atoms with Gasteiger partial charge in [-0.3, -0.25) is 0 Å². The lowest BCUT2D eigenvalue weighted by Gasteiger charge is -1.96. The Morgan fingerprint density at radius 1 is 1.45 bits per heavy atom. The fraction of sp³-hybridized carbons (Fsp3) is 0.714. The third-order valence-corrected chi connectivity index (χ3v) is 2.13. The first-order valence-electron chi connectivity index (χ1n) is 3.87. The predicted molar refractivity (Wildman–Crippen MR) is 48.1 cm³/mol. The minimum Gasteiger partial charge on any atom is -0.371 e. The fourth-order valence-electron chi connectivity index (χ4n) is 0.905. The lowest BCUT2D eigenvalue weighted by molar-refractivity contribution is 0.784. The second-order valence-corrected chi connectivity index (χ2v) is 2.94. The predicted octanol–water partition coefficient (Wildman–Crippen LogP) is 1.92. The highest BCUT2D eigenvalue weighted by atomic mass is 32.1. The normalized spacial score (nSPS) is 10.0. The van der Waals surface area contributed by atoms with Gasteiger partial charge in [0, 0.05) is 7.05 Å². The molecule has 0 aliphatic rings. The molecule has 0 unspecified atom stereocenters. The van der Waals surface area contributed by atoms with Crippen LogP contribution in [-0.4, -0.2) is 15.8 Å². The third-order valence-electron chi connectivity index (χ3n) is 1.56. The maximum atomic E-state index is 4.19. The summed E-state index contributed by atoms with van der Waals surface area (Å²) in [5.41, 5.74) is 1.11. The lowest BCUT2D eigenvalue weighted by Crippen LogP contribution is -1.94. The van der Waals surface area contributed by atoms with Crippen LogP contribution in [0.1, 0.15) is 25.5 Å². The molecule has 0 aliphatic heterocycles. The molecule has 62 valence electrons. The number of aromatic nitrogens is 2. The molecule has 0 atom stereocenters. The van der Waals surface area contributed by atoms with Crippen molar-refractivity contribution in [1.82, 2.24) is 8.75 Å². The van der Waals surface area contributed by atoms with Gasteiger partial charge in [-0.05, 0) is 12.8 Å². The Morgan fingerprint density at radius 3 is 2.91 bits per heavy atom. The van der Waals surface area contributed by atoms with Crippen LogP contribution in [0.25, 0.3) is 0 Å². The molecule has 1 rings (SSSR count). The van der Waals surface area contributed by atoms with E-state index < -0.39 is 0 Å². The molecule has 0 radical (unpaired) electrons. The lowest BCUT2D eigenvalue weighted by atomic mass is 10.2. The first kappa shape index (κ1) is 8.46. The molecule has 0 aromatic carbocycles. The van der Waals surface area contributed by atoms with Crippen LogP contribution in [0.15, 0.2) is 0 Å². The number of nitrogens with one attached hydrogen (secondary N) is 1. The number of nitrogens with zero attached hydrogens (tertiary/aromatic N) is 2. The smallest absolute Gasteiger partial charge is 0.162 e. The van der Waals surface area contributed by atoms with E-state index in [-0.39, 0.29) is 0 Å². The topological polar surface area (TPSA) is 37.8 Å². The monoisotopic (exact) mass is 171 g/mol. The maximum absolute atomic E-state index is 4.19. The number of anilines is 1. The van der Waals surface area contributed by atoms with E-state index in [0.717, 1.165) is 17.9 Å². The molecule has 1 N–H and O–H groups in total. The second-order valence-electron chi connectivity index (χ2n) is 2.41. The fourth-order valence-corrected chi connectivity index (χ4v) is 1.50. The molecule has 0 saturated carbocycles. The van der Waals surface area contributed by atoms with Crippen LogP contribution in [0.2, 0.25) is 0 Å². The van der Waals surface area contributed by atoms with Gasteiger partial charge in [-0.15, -0.1) is 0 Å². The van der Waals surface area contributed by atoms with Crippen molar-refractivity contribution in [1.29, 1.82) is 0 Å². The summed E-state index contributed by atoms with van der Waals surface area (Å²) in [4.78, 5) is 0. The van der Waals surface area contributed by atoms with E-state index in [4.69, 9.17) is 0 Å². The molecule has 11 heavy (non-hydrogen) atoms. The first-order valence-corrected chi connectivity index (χ1v) is 4.60. The van der Waals surface area contributed by atoms with Crippen LogP contribution >= 0.6 is 11.7 Å². The zero-order valence-corrected chi connectivity index (χ0v) is 7.74. The summed E-state index contributed by atoms with van der Waals surface area (Å²) in [5, 5.41) is 3.02. The van der Waals surface area contributed by atoms with Crippen LogP contribution in [0.5, 0.6) is 0 Å². The summed E-state index contributed by atoms with van der Waals surface area (Å²) in [5.74, 6) is 0.948. The van der Waals surface area contributed by atoms with Crippen molar-refractivity contribution in [2.75, 3.05) is 12.4 Å². The molecule has 1 heterocycles. The van der Waals surface area contributed by atoms with Gasteiger partial charge >= 0.3 is 0 Å².